The zero-order chi connectivity index (χ0) is 11.7. The van der Waals surface area contributed by atoms with E-state index < -0.39 is 0 Å². The van der Waals surface area contributed by atoms with Crippen LogP contribution in [0.2, 0.25) is 0 Å². The number of rotatable bonds is 1. The predicted octanol–water partition coefficient (Wildman–Crippen LogP) is 0.852. The minimum absolute atomic E-state index is 0.124. The van der Waals surface area contributed by atoms with E-state index in [4.69, 9.17) is 4.74 Å². The summed E-state index contributed by atoms with van der Waals surface area (Å²) in [5, 5.41) is 3.08. The van der Waals surface area contributed by atoms with Crippen LogP contribution in [0, 0.1) is 0 Å². The Labute approximate surface area is 99.9 Å². The third-order valence-electron chi connectivity index (χ3n) is 3.06. The van der Waals surface area contributed by atoms with Crippen LogP contribution in [0.1, 0.15) is 5.56 Å². The van der Waals surface area contributed by atoms with Crippen LogP contribution in [0.5, 0.6) is 5.75 Å². The quantitative estimate of drug-likeness (QED) is 0.777. The largest absolute Gasteiger partial charge is 0.489 e. The van der Waals surface area contributed by atoms with Crippen molar-refractivity contribution >= 4 is 11.6 Å². The molecule has 2 heterocycles. The number of nitrogens with zero attached hydrogens (tertiary/aromatic N) is 1. The molecule has 0 unspecified atom stereocenters. The highest BCUT2D eigenvalue weighted by Crippen LogP contribution is 2.31. The first kappa shape index (κ1) is 10.4. The van der Waals surface area contributed by atoms with Crippen molar-refractivity contribution < 1.29 is 9.53 Å². The number of carbonyl (C=O) groups excluding carboxylic acids is 1. The van der Waals surface area contributed by atoms with Crippen LogP contribution in [0.15, 0.2) is 30.3 Å². The predicted molar refractivity (Wildman–Crippen MR) is 64.5 cm³/mol. The van der Waals surface area contributed by atoms with Crippen LogP contribution in [-0.2, 0) is 4.79 Å². The van der Waals surface area contributed by atoms with Gasteiger partial charge in [0.25, 0.3) is 0 Å². The summed E-state index contributed by atoms with van der Waals surface area (Å²) in [4.78, 5) is 13.7. The van der Waals surface area contributed by atoms with Crippen LogP contribution >= 0.6 is 0 Å². The molecular formula is C13H14N2O2. The number of para-hydroxylation sites is 1. The summed E-state index contributed by atoms with van der Waals surface area (Å²) in [6, 6.07) is 7.85. The van der Waals surface area contributed by atoms with Gasteiger partial charge in [-0.05, 0) is 18.2 Å². The van der Waals surface area contributed by atoms with Crippen molar-refractivity contribution in [3.05, 3.63) is 35.9 Å². The van der Waals surface area contributed by atoms with Crippen molar-refractivity contribution in [1.29, 1.82) is 0 Å². The number of fused-ring (bicyclic) bond motifs is 1. The molecule has 0 spiro atoms. The fraction of sp³-hybridized carbons (Fsp3) is 0.308. The Morgan fingerprint density at radius 2 is 2.18 bits per heavy atom. The number of amides is 1. The Morgan fingerprint density at radius 3 is 3.06 bits per heavy atom. The van der Waals surface area contributed by atoms with Crippen LogP contribution in [0.3, 0.4) is 0 Å². The first-order valence-electron chi connectivity index (χ1n) is 5.80. The molecule has 0 bridgehead atoms. The second kappa shape index (κ2) is 4.22. The van der Waals surface area contributed by atoms with Gasteiger partial charge in [0, 0.05) is 18.7 Å². The van der Waals surface area contributed by atoms with Gasteiger partial charge in [-0.15, -0.1) is 0 Å². The maximum atomic E-state index is 11.9. The summed E-state index contributed by atoms with van der Waals surface area (Å²) in [7, 11) is 0. The first-order chi connectivity index (χ1) is 8.36. The maximum Gasteiger partial charge on any atom is 0.240 e. The van der Waals surface area contributed by atoms with E-state index in [1.54, 1.807) is 0 Å². The summed E-state index contributed by atoms with van der Waals surface area (Å²) in [6.45, 7) is 2.51. The molecule has 1 aromatic rings. The van der Waals surface area contributed by atoms with Crippen molar-refractivity contribution in [1.82, 2.24) is 10.2 Å². The smallest absolute Gasteiger partial charge is 0.240 e. The van der Waals surface area contributed by atoms with Crippen molar-refractivity contribution in [2.24, 2.45) is 0 Å². The fourth-order valence-electron chi connectivity index (χ4n) is 2.24. The van der Waals surface area contributed by atoms with Crippen LogP contribution in [0.25, 0.3) is 5.70 Å². The molecule has 1 saturated heterocycles. The van der Waals surface area contributed by atoms with Crippen LogP contribution < -0.4 is 10.1 Å². The van der Waals surface area contributed by atoms with Gasteiger partial charge in [-0.2, -0.15) is 0 Å². The molecule has 0 aliphatic carbocycles. The number of hydrogen-bond acceptors (Lipinski definition) is 3. The highest BCUT2D eigenvalue weighted by atomic mass is 16.5. The molecule has 0 saturated carbocycles. The second-order valence-electron chi connectivity index (χ2n) is 4.12. The highest BCUT2D eigenvalue weighted by Gasteiger charge is 2.25. The molecule has 1 amide bonds. The Morgan fingerprint density at radius 1 is 1.29 bits per heavy atom. The molecule has 88 valence electrons. The SMILES string of the molecule is O=C1CNCCN1C1=CCOc2ccccc21. The van der Waals surface area contributed by atoms with Gasteiger partial charge in [0.15, 0.2) is 0 Å². The van der Waals surface area contributed by atoms with E-state index in [0.29, 0.717) is 13.2 Å². The number of nitrogens with one attached hydrogen (secondary N) is 1. The van der Waals surface area contributed by atoms with Gasteiger partial charge < -0.3 is 15.0 Å². The van der Waals surface area contributed by atoms with Crippen molar-refractivity contribution in [2.75, 3.05) is 26.2 Å². The monoisotopic (exact) mass is 230 g/mol. The topological polar surface area (TPSA) is 41.6 Å². The standard InChI is InChI=1S/C13H14N2O2/c16-13-9-14-6-7-15(13)11-5-8-17-12-4-2-1-3-10(11)12/h1-5,14H,6-9H2. The van der Waals surface area contributed by atoms with Gasteiger partial charge in [-0.25, -0.2) is 0 Å². The summed E-state index contributed by atoms with van der Waals surface area (Å²) < 4.78 is 5.55. The van der Waals surface area contributed by atoms with E-state index in [0.717, 1.165) is 30.1 Å². The number of piperazine rings is 1. The van der Waals surface area contributed by atoms with Crippen molar-refractivity contribution in [3.63, 3.8) is 0 Å². The molecule has 17 heavy (non-hydrogen) atoms. The summed E-state index contributed by atoms with van der Waals surface area (Å²) in [5.74, 6) is 0.982. The second-order valence-corrected chi connectivity index (χ2v) is 4.12. The molecule has 1 fully saturated rings. The normalized spacial score (nSPS) is 19.4. The molecule has 2 aliphatic rings. The van der Waals surface area contributed by atoms with Gasteiger partial charge in [-0.3, -0.25) is 4.79 Å². The molecule has 0 radical (unpaired) electrons. The van der Waals surface area contributed by atoms with Gasteiger partial charge in [-0.1, -0.05) is 12.1 Å². The lowest BCUT2D eigenvalue weighted by Gasteiger charge is -2.32. The van der Waals surface area contributed by atoms with Gasteiger partial charge >= 0.3 is 0 Å². The average Bonchev–Trinajstić information content (AvgIpc) is 2.39. The first-order valence-corrected chi connectivity index (χ1v) is 5.80. The lowest BCUT2D eigenvalue weighted by molar-refractivity contribution is -0.128. The van der Waals surface area contributed by atoms with Crippen LogP contribution in [-0.4, -0.2) is 37.0 Å². The third-order valence-corrected chi connectivity index (χ3v) is 3.06. The van der Waals surface area contributed by atoms with E-state index in [2.05, 4.69) is 5.32 Å². The van der Waals surface area contributed by atoms with Crippen molar-refractivity contribution in [3.8, 4) is 5.75 Å². The molecule has 1 aromatic carbocycles. The Balaban J connectivity index is 1.97. The van der Waals surface area contributed by atoms with E-state index in [1.165, 1.54) is 0 Å². The third kappa shape index (κ3) is 1.80. The molecule has 3 rings (SSSR count). The number of ether oxygens (including phenoxy) is 1. The zero-order valence-corrected chi connectivity index (χ0v) is 9.48. The van der Waals surface area contributed by atoms with Crippen LogP contribution in [0.4, 0.5) is 0 Å². The molecule has 2 aliphatic heterocycles. The zero-order valence-electron chi connectivity index (χ0n) is 9.48. The minimum atomic E-state index is 0.124. The van der Waals surface area contributed by atoms with E-state index in [9.17, 15) is 4.79 Å². The molecule has 4 nitrogen and oxygen atoms in total. The molecule has 1 N–H and O–H groups in total. The number of carbonyl (C=O) groups is 1. The maximum absolute atomic E-state index is 11.9. The summed E-state index contributed by atoms with van der Waals surface area (Å²) in [6.07, 6.45) is 1.98. The van der Waals surface area contributed by atoms with Gasteiger partial charge in [0.1, 0.15) is 12.4 Å². The summed E-state index contributed by atoms with van der Waals surface area (Å²) >= 11 is 0. The Bertz CT molecular complexity index is 482. The lowest BCUT2D eigenvalue weighted by Crippen LogP contribution is -2.47. The summed E-state index contributed by atoms with van der Waals surface area (Å²) in [5.41, 5.74) is 1.99. The number of benzene rings is 1. The van der Waals surface area contributed by atoms with Gasteiger partial charge in [0.2, 0.25) is 5.91 Å². The molecular weight excluding hydrogens is 216 g/mol. The highest BCUT2D eigenvalue weighted by molar-refractivity contribution is 5.90. The van der Waals surface area contributed by atoms with E-state index in [1.807, 2.05) is 35.2 Å². The molecule has 0 atom stereocenters. The van der Waals surface area contributed by atoms with Gasteiger partial charge in [0.05, 0.1) is 12.2 Å². The minimum Gasteiger partial charge on any atom is -0.489 e. The fourth-order valence-corrected chi connectivity index (χ4v) is 2.24. The Hall–Kier alpha value is -1.81. The number of hydrogen-bond donors (Lipinski definition) is 1. The van der Waals surface area contributed by atoms with Crippen molar-refractivity contribution in [2.45, 2.75) is 0 Å². The molecule has 0 aromatic heterocycles. The Kier molecular flexibility index (Phi) is 2.57. The van der Waals surface area contributed by atoms with E-state index in [-0.39, 0.29) is 5.91 Å². The molecule has 4 heteroatoms. The lowest BCUT2D eigenvalue weighted by atomic mass is 10.1. The van der Waals surface area contributed by atoms with E-state index >= 15 is 0 Å². The average molecular weight is 230 g/mol.